The summed E-state index contributed by atoms with van der Waals surface area (Å²) in [5, 5.41) is 13.4. The Balaban J connectivity index is 2.36. The monoisotopic (exact) mass is 398 g/mol. The molecule has 0 saturated heterocycles. The van der Waals surface area contributed by atoms with Crippen LogP contribution in [-0.2, 0) is 0 Å². The molecular formula is C14H12ClIN4. The van der Waals surface area contributed by atoms with Gasteiger partial charge in [-0.15, -0.1) is 10.2 Å². The second kappa shape index (κ2) is 4.96. The van der Waals surface area contributed by atoms with Gasteiger partial charge in [0, 0.05) is 14.7 Å². The van der Waals surface area contributed by atoms with E-state index in [4.69, 9.17) is 11.6 Å². The van der Waals surface area contributed by atoms with Crippen LogP contribution in [0, 0.1) is 24.3 Å². The molecule has 0 aliphatic heterocycles. The van der Waals surface area contributed by atoms with Crippen molar-refractivity contribution in [3.8, 4) is 11.4 Å². The molecule has 0 saturated carbocycles. The van der Waals surface area contributed by atoms with Crippen LogP contribution in [0.4, 0.5) is 0 Å². The summed E-state index contributed by atoms with van der Waals surface area (Å²) in [7, 11) is 0. The molecule has 102 valence electrons. The van der Waals surface area contributed by atoms with E-state index in [0.29, 0.717) is 5.15 Å². The number of aromatic nitrogens is 4. The van der Waals surface area contributed by atoms with E-state index in [1.165, 1.54) is 5.56 Å². The van der Waals surface area contributed by atoms with Gasteiger partial charge in [0.15, 0.2) is 16.6 Å². The van der Waals surface area contributed by atoms with Gasteiger partial charge in [-0.05, 0) is 54.5 Å². The molecule has 0 bridgehead atoms. The normalized spacial score (nSPS) is 11.2. The number of fused-ring (bicyclic) bond motifs is 1. The van der Waals surface area contributed by atoms with Crippen molar-refractivity contribution in [2.24, 2.45) is 0 Å². The van der Waals surface area contributed by atoms with Crippen LogP contribution in [0.15, 0.2) is 18.2 Å². The van der Waals surface area contributed by atoms with Crippen molar-refractivity contribution in [1.82, 2.24) is 19.8 Å². The van der Waals surface area contributed by atoms with Crippen molar-refractivity contribution in [3.05, 3.63) is 43.6 Å². The number of hydrogen-bond donors (Lipinski definition) is 0. The summed E-state index contributed by atoms with van der Waals surface area (Å²) >= 11 is 8.51. The highest BCUT2D eigenvalue weighted by Crippen LogP contribution is 2.28. The van der Waals surface area contributed by atoms with Gasteiger partial charge in [0.25, 0.3) is 0 Å². The molecule has 0 radical (unpaired) electrons. The zero-order chi connectivity index (χ0) is 14.4. The summed E-state index contributed by atoms with van der Waals surface area (Å²) in [6.07, 6.45) is 0. The van der Waals surface area contributed by atoms with Crippen LogP contribution in [0.25, 0.3) is 17.0 Å². The van der Waals surface area contributed by atoms with E-state index in [1.54, 1.807) is 4.52 Å². The van der Waals surface area contributed by atoms with Gasteiger partial charge in [0.05, 0.1) is 0 Å². The molecule has 2 aromatic heterocycles. The van der Waals surface area contributed by atoms with E-state index in [1.807, 2.05) is 26.0 Å². The SMILES string of the molecule is Cc1cccc(-c2nnc3c(C)c(C)c(Cl)nn23)c1I. The molecular weight excluding hydrogens is 387 g/mol. The average Bonchev–Trinajstić information content (AvgIpc) is 2.83. The minimum absolute atomic E-state index is 0.485. The summed E-state index contributed by atoms with van der Waals surface area (Å²) in [4.78, 5) is 0. The van der Waals surface area contributed by atoms with Crippen LogP contribution < -0.4 is 0 Å². The van der Waals surface area contributed by atoms with Crippen LogP contribution in [0.5, 0.6) is 0 Å². The summed E-state index contributed by atoms with van der Waals surface area (Å²) in [5.41, 5.74) is 4.92. The van der Waals surface area contributed by atoms with Gasteiger partial charge < -0.3 is 0 Å². The molecule has 3 rings (SSSR count). The first-order valence-electron chi connectivity index (χ1n) is 6.14. The fourth-order valence-electron chi connectivity index (χ4n) is 2.08. The number of hydrogen-bond acceptors (Lipinski definition) is 3. The Bertz CT molecular complexity index is 826. The zero-order valence-electron chi connectivity index (χ0n) is 11.3. The number of benzene rings is 1. The summed E-state index contributed by atoms with van der Waals surface area (Å²) in [6, 6.07) is 6.11. The Kier molecular flexibility index (Phi) is 3.41. The molecule has 0 spiro atoms. The first-order chi connectivity index (χ1) is 9.50. The molecule has 20 heavy (non-hydrogen) atoms. The molecule has 0 unspecified atom stereocenters. The average molecular weight is 399 g/mol. The maximum Gasteiger partial charge on any atom is 0.186 e. The van der Waals surface area contributed by atoms with Gasteiger partial charge in [-0.25, -0.2) is 0 Å². The zero-order valence-corrected chi connectivity index (χ0v) is 14.2. The molecule has 6 heteroatoms. The first-order valence-corrected chi connectivity index (χ1v) is 7.60. The maximum absolute atomic E-state index is 6.19. The van der Waals surface area contributed by atoms with Crippen LogP contribution in [0.1, 0.15) is 16.7 Å². The van der Waals surface area contributed by atoms with Gasteiger partial charge in [-0.3, -0.25) is 0 Å². The van der Waals surface area contributed by atoms with Crippen molar-refractivity contribution in [1.29, 1.82) is 0 Å². The number of rotatable bonds is 1. The second-order valence-corrected chi connectivity index (χ2v) is 6.17. The van der Waals surface area contributed by atoms with E-state index >= 15 is 0 Å². The molecule has 1 aromatic carbocycles. The lowest BCUT2D eigenvalue weighted by atomic mass is 10.1. The minimum atomic E-state index is 0.485. The third kappa shape index (κ3) is 2.00. The Labute approximate surface area is 135 Å². The Morgan fingerprint density at radius 1 is 1.10 bits per heavy atom. The second-order valence-electron chi connectivity index (χ2n) is 4.74. The van der Waals surface area contributed by atoms with Crippen LogP contribution >= 0.6 is 34.2 Å². The molecule has 0 amide bonds. The lowest BCUT2D eigenvalue weighted by Gasteiger charge is -2.07. The highest BCUT2D eigenvalue weighted by Gasteiger charge is 2.16. The van der Waals surface area contributed by atoms with Crippen molar-refractivity contribution < 1.29 is 0 Å². The van der Waals surface area contributed by atoms with E-state index in [-0.39, 0.29) is 0 Å². The van der Waals surface area contributed by atoms with Crippen LogP contribution in [0.3, 0.4) is 0 Å². The first kappa shape index (κ1) is 13.8. The lowest BCUT2D eigenvalue weighted by molar-refractivity contribution is 0.918. The Morgan fingerprint density at radius 2 is 1.85 bits per heavy atom. The standard InChI is InChI=1S/C14H12ClIN4/c1-7-5-4-6-10(11(7)16)14-18-17-13-9(3)8(2)12(15)19-20(13)14/h4-6H,1-3H3. The topological polar surface area (TPSA) is 43.1 Å². The predicted molar refractivity (Wildman–Crippen MR) is 88.2 cm³/mol. The van der Waals surface area contributed by atoms with Gasteiger partial charge in [-0.1, -0.05) is 29.8 Å². The number of halogens is 2. The van der Waals surface area contributed by atoms with Gasteiger partial charge in [-0.2, -0.15) is 9.61 Å². The quantitative estimate of drug-likeness (QED) is 0.583. The third-order valence-electron chi connectivity index (χ3n) is 3.47. The smallest absolute Gasteiger partial charge is 0.186 e. The minimum Gasteiger partial charge on any atom is -0.191 e. The van der Waals surface area contributed by atoms with E-state index in [0.717, 1.165) is 31.7 Å². The van der Waals surface area contributed by atoms with Crippen LogP contribution in [-0.4, -0.2) is 19.8 Å². The van der Waals surface area contributed by atoms with E-state index < -0.39 is 0 Å². The number of nitrogens with zero attached hydrogens (tertiary/aromatic N) is 4. The summed E-state index contributed by atoms with van der Waals surface area (Å²) < 4.78 is 2.87. The Hall–Kier alpha value is -1.21. The highest BCUT2D eigenvalue weighted by molar-refractivity contribution is 14.1. The predicted octanol–water partition coefficient (Wildman–Crippen LogP) is 3.97. The van der Waals surface area contributed by atoms with Crippen molar-refractivity contribution in [3.63, 3.8) is 0 Å². The fourth-order valence-corrected chi connectivity index (χ4v) is 2.90. The van der Waals surface area contributed by atoms with E-state index in [2.05, 4.69) is 50.9 Å². The van der Waals surface area contributed by atoms with Gasteiger partial charge in [0.1, 0.15) is 0 Å². The molecule has 4 nitrogen and oxygen atoms in total. The van der Waals surface area contributed by atoms with Crippen LogP contribution in [0.2, 0.25) is 5.15 Å². The van der Waals surface area contributed by atoms with Crippen molar-refractivity contribution in [2.75, 3.05) is 0 Å². The summed E-state index contributed by atoms with van der Waals surface area (Å²) in [6.45, 7) is 6.00. The number of aryl methyl sites for hydroxylation is 2. The molecule has 3 aromatic rings. The molecule has 0 fully saturated rings. The molecule has 0 atom stereocenters. The van der Waals surface area contributed by atoms with Gasteiger partial charge >= 0.3 is 0 Å². The molecule has 2 heterocycles. The third-order valence-corrected chi connectivity index (χ3v) is 5.26. The van der Waals surface area contributed by atoms with Crippen molar-refractivity contribution >= 4 is 39.8 Å². The lowest BCUT2D eigenvalue weighted by Crippen LogP contribution is -2.01. The van der Waals surface area contributed by atoms with Crippen molar-refractivity contribution in [2.45, 2.75) is 20.8 Å². The largest absolute Gasteiger partial charge is 0.191 e. The highest BCUT2D eigenvalue weighted by atomic mass is 127. The molecule has 0 aliphatic rings. The maximum atomic E-state index is 6.19. The Morgan fingerprint density at radius 3 is 2.60 bits per heavy atom. The van der Waals surface area contributed by atoms with E-state index in [9.17, 15) is 0 Å². The molecule has 0 N–H and O–H groups in total. The fraction of sp³-hybridized carbons (Fsp3) is 0.214. The molecule has 0 aliphatic carbocycles. The van der Waals surface area contributed by atoms with Gasteiger partial charge in [0.2, 0.25) is 0 Å². The summed E-state index contributed by atoms with van der Waals surface area (Å²) in [5.74, 6) is 0.720.